The second-order valence-electron chi connectivity index (χ2n) is 5.25. The van der Waals surface area contributed by atoms with Crippen molar-refractivity contribution < 1.29 is 17.7 Å². The molecule has 0 aliphatic carbocycles. The fourth-order valence-electron chi connectivity index (χ4n) is 2.28. The standard InChI is InChI=1S/C16H10F2N6O2/c17-9-3-4-10(18)8(6-9)7-12-20-13(23-16(19)21-12)14-22-15(26-24-14)11-2-1-5-25-11/h1-6H,7H2,(H2,19,20,21,23). The van der Waals surface area contributed by atoms with Crippen molar-refractivity contribution in [3.8, 4) is 23.3 Å². The molecule has 0 atom stereocenters. The van der Waals surface area contributed by atoms with Crippen molar-refractivity contribution in [2.45, 2.75) is 6.42 Å². The van der Waals surface area contributed by atoms with Crippen molar-refractivity contribution in [2.24, 2.45) is 0 Å². The predicted molar refractivity (Wildman–Crippen MR) is 84.4 cm³/mol. The average molecular weight is 356 g/mol. The van der Waals surface area contributed by atoms with Gasteiger partial charge in [0.25, 0.3) is 5.89 Å². The molecule has 10 heteroatoms. The molecule has 0 unspecified atom stereocenters. The van der Waals surface area contributed by atoms with Gasteiger partial charge in [-0.15, -0.1) is 0 Å². The Kier molecular flexibility index (Phi) is 3.84. The van der Waals surface area contributed by atoms with Crippen molar-refractivity contribution in [2.75, 3.05) is 5.73 Å². The Bertz CT molecular complexity index is 1060. The quantitative estimate of drug-likeness (QED) is 0.593. The monoisotopic (exact) mass is 356 g/mol. The van der Waals surface area contributed by atoms with E-state index in [9.17, 15) is 8.78 Å². The third kappa shape index (κ3) is 3.11. The summed E-state index contributed by atoms with van der Waals surface area (Å²) in [6, 6.07) is 6.45. The topological polar surface area (TPSA) is 117 Å². The van der Waals surface area contributed by atoms with Crippen LogP contribution in [0.15, 0.2) is 45.5 Å². The normalized spacial score (nSPS) is 11.0. The molecule has 1 aromatic carbocycles. The highest BCUT2D eigenvalue weighted by Gasteiger charge is 2.17. The second kappa shape index (κ2) is 6.31. The Morgan fingerprint density at radius 2 is 1.88 bits per heavy atom. The first-order chi connectivity index (χ1) is 12.6. The van der Waals surface area contributed by atoms with Gasteiger partial charge in [-0.1, -0.05) is 5.16 Å². The molecule has 26 heavy (non-hydrogen) atoms. The van der Waals surface area contributed by atoms with E-state index in [1.807, 2.05) is 0 Å². The summed E-state index contributed by atoms with van der Waals surface area (Å²) in [6.07, 6.45) is 1.39. The molecule has 8 nitrogen and oxygen atoms in total. The highest BCUT2D eigenvalue weighted by Crippen LogP contribution is 2.21. The molecule has 4 aromatic rings. The molecule has 4 rings (SSSR count). The molecule has 3 aromatic heterocycles. The fourth-order valence-corrected chi connectivity index (χ4v) is 2.28. The first kappa shape index (κ1) is 15.8. The van der Waals surface area contributed by atoms with Crippen LogP contribution in [0.5, 0.6) is 0 Å². The van der Waals surface area contributed by atoms with Crippen molar-refractivity contribution in [3.63, 3.8) is 0 Å². The summed E-state index contributed by atoms with van der Waals surface area (Å²) in [5, 5.41) is 3.77. The Morgan fingerprint density at radius 1 is 1.00 bits per heavy atom. The van der Waals surface area contributed by atoms with E-state index in [2.05, 4.69) is 25.1 Å². The number of anilines is 1. The summed E-state index contributed by atoms with van der Waals surface area (Å²) in [5.41, 5.74) is 5.77. The molecule has 0 spiro atoms. The van der Waals surface area contributed by atoms with Gasteiger partial charge in [-0.3, -0.25) is 0 Å². The zero-order valence-electron chi connectivity index (χ0n) is 13.1. The van der Waals surface area contributed by atoms with E-state index in [0.717, 1.165) is 18.2 Å². The SMILES string of the molecule is Nc1nc(Cc2cc(F)ccc2F)nc(-c2noc(-c3ccco3)n2)n1. The lowest BCUT2D eigenvalue weighted by Gasteiger charge is -2.04. The van der Waals surface area contributed by atoms with Gasteiger partial charge in [0, 0.05) is 6.42 Å². The summed E-state index contributed by atoms with van der Waals surface area (Å²) in [4.78, 5) is 16.2. The largest absolute Gasteiger partial charge is 0.459 e. The number of hydrogen-bond acceptors (Lipinski definition) is 8. The fraction of sp³-hybridized carbons (Fsp3) is 0.0625. The molecule has 130 valence electrons. The third-order valence-electron chi connectivity index (χ3n) is 3.41. The predicted octanol–water partition coefficient (Wildman–Crippen LogP) is 2.63. The average Bonchev–Trinajstić information content (AvgIpc) is 3.28. The summed E-state index contributed by atoms with van der Waals surface area (Å²) in [5.74, 6) is -0.476. The van der Waals surface area contributed by atoms with Gasteiger partial charge in [0.15, 0.2) is 5.76 Å². The van der Waals surface area contributed by atoms with Crippen LogP contribution in [0.4, 0.5) is 14.7 Å². The maximum atomic E-state index is 13.8. The first-order valence-corrected chi connectivity index (χ1v) is 7.41. The van der Waals surface area contributed by atoms with E-state index in [-0.39, 0.29) is 41.3 Å². The number of furan rings is 1. The summed E-state index contributed by atoms with van der Waals surface area (Å²) >= 11 is 0. The molecule has 0 saturated carbocycles. The van der Waals surface area contributed by atoms with Gasteiger partial charge in [-0.05, 0) is 35.9 Å². The number of rotatable bonds is 4. The lowest BCUT2D eigenvalue weighted by molar-refractivity contribution is 0.416. The minimum absolute atomic E-state index is 0.0471. The number of aromatic nitrogens is 5. The van der Waals surface area contributed by atoms with E-state index in [1.165, 1.54) is 6.26 Å². The minimum Gasteiger partial charge on any atom is -0.459 e. The van der Waals surface area contributed by atoms with Gasteiger partial charge in [-0.25, -0.2) is 13.8 Å². The Morgan fingerprint density at radius 3 is 2.69 bits per heavy atom. The highest BCUT2D eigenvalue weighted by atomic mass is 19.1. The van der Waals surface area contributed by atoms with Gasteiger partial charge in [0.2, 0.25) is 17.6 Å². The van der Waals surface area contributed by atoms with Crippen molar-refractivity contribution >= 4 is 5.95 Å². The molecule has 0 aliphatic rings. The molecule has 2 N–H and O–H groups in total. The number of hydrogen-bond donors (Lipinski definition) is 1. The maximum absolute atomic E-state index is 13.8. The Hall–Kier alpha value is -3.69. The highest BCUT2D eigenvalue weighted by molar-refractivity contribution is 5.50. The van der Waals surface area contributed by atoms with E-state index in [4.69, 9.17) is 14.7 Å². The van der Waals surface area contributed by atoms with Gasteiger partial charge in [0.1, 0.15) is 17.5 Å². The summed E-state index contributed by atoms with van der Waals surface area (Å²) in [7, 11) is 0. The van der Waals surface area contributed by atoms with Crippen LogP contribution in [0.2, 0.25) is 0 Å². The van der Waals surface area contributed by atoms with E-state index < -0.39 is 11.6 Å². The van der Waals surface area contributed by atoms with Crippen LogP contribution in [0, 0.1) is 11.6 Å². The van der Waals surface area contributed by atoms with Gasteiger partial charge < -0.3 is 14.7 Å². The number of benzene rings is 1. The minimum atomic E-state index is -0.577. The van der Waals surface area contributed by atoms with Crippen LogP contribution in [0.3, 0.4) is 0 Å². The van der Waals surface area contributed by atoms with Crippen LogP contribution in [0.1, 0.15) is 11.4 Å². The molecule has 0 bridgehead atoms. The third-order valence-corrected chi connectivity index (χ3v) is 3.41. The van der Waals surface area contributed by atoms with Crippen LogP contribution < -0.4 is 5.73 Å². The van der Waals surface area contributed by atoms with Crippen LogP contribution in [-0.2, 0) is 6.42 Å². The van der Waals surface area contributed by atoms with Crippen molar-refractivity contribution in [1.29, 1.82) is 0 Å². The number of nitrogens with zero attached hydrogens (tertiary/aromatic N) is 5. The lowest BCUT2D eigenvalue weighted by Crippen LogP contribution is -2.07. The number of nitrogens with two attached hydrogens (primary N) is 1. The molecular formula is C16H10F2N6O2. The van der Waals surface area contributed by atoms with Crippen LogP contribution >= 0.6 is 0 Å². The molecule has 0 aliphatic heterocycles. The first-order valence-electron chi connectivity index (χ1n) is 7.41. The second-order valence-corrected chi connectivity index (χ2v) is 5.25. The van der Waals surface area contributed by atoms with Gasteiger partial charge in [-0.2, -0.15) is 15.0 Å². The smallest absolute Gasteiger partial charge is 0.294 e. The lowest BCUT2D eigenvalue weighted by atomic mass is 10.1. The number of halogens is 2. The zero-order chi connectivity index (χ0) is 18.1. The van der Waals surface area contributed by atoms with Crippen molar-refractivity contribution in [3.05, 3.63) is 59.6 Å². The molecule has 0 amide bonds. The summed E-state index contributed by atoms with van der Waals surface area (Å²) in [6.45, 7) is 0. The van der Waals surface area contributed by atoms with Crippen molar-refractivity contribution in [1.82, 2.24) is 25.1 Å². The molecular weight excluding hydrogens is 346 g/mol. The Balaban J connectivity index is 1.67. The maximum Gasteiger partial charge on any atom is 0.294 e. The molecule has 0 radical (unpaired) electrons. The van der Waals surface area contributed by atoms with E-state index >= 15 is 0 Å². The number of nitrogen functional groups attached to an aromatic ring is 1. The Labute approximate surface area is 144 Å². The van der Waals surface area contributed by atoms with Crippen LogP contribution in [-0.4, -0.2) is 25.1 Å². The van der Waals surface area contributed by atoms with Crippen LogP contribution in [0.25, 0.3) is 23.3 Å². The molecule has 3 heterocycles. The van der Waals surface area contributed by atoms with E-state index in [0.29, 0.717) is 5.76 Å². The summed E-state index contributed by atoms with van der Waals surface area (Å²) < 4.78 is 37.4. The zero-order valence-corrected chi connectivity index (χ0v) is 13.1. The van der Waals surface area contributed by atoms with E-state index in [1.54, 1.807) is 12.1 Å². The molecule has 0 fully saturated rings. The van der Waals surface area contributed by atoms with Gasteiger partial charge >= 0.3 is 0 Å². The molecule has 0 saturated heterocycles. The van der Waals surface area contributed by atoms with Gasteiger partial charge in [0.05, 0.1) is 6.26 Å².